The highest BCUT2D eigenvalue weighted by Gasteiger charge is 2.18. The largest absolute Gasteiger partial charge is 0.478 e. The van der Waals surface area contributed by atoms with E-state index in [0.29, 0.717) is 17.9 Å². The van der Waals surface area contributed by atoms with Gasteiger partial charge in [-0.05, 0) is 24.3 Å². The number of anilines is 1. The van der Waals surface area contributed by atoms with E-state index in [0.717, 1.165) is 10.9 Å². The predicted molar refractivity (Wildman–Crippen MR) is 104 cm³/mol. The molecule has 2 N–H and O–H groups in total. The highest BCUT2D eigenvalue weighted by Crippen LogP contribution is 2.24. The van der Waals surface area contributed by atoms with Gasteiger partial charge in [-0.3, -0.25) is 4.79 Å². The fourth-order valence-corrected chi connectivity index (χ4v) is 3.09. The molecule has 0 bridgehead atoms. The Morgan fingerprint density at radius 2 is 1.64 bits per heavy atom. The first-order valence-electron chi connectivity index (χ1n) is 8.61. The molecule has 28 heavy (non-hydrogen) atoms. The maximum atomic E-state index is 12.9. The summed E-state index contributed by atoms with van der Waals surface area (Å²) in [5, 5.41) is 12.8. The van der Waals surface area contributed by atoms with Crippen molar-refractivity contribution in [3.05, 3.63) is 90.1 Å². The molecule has 7 heteroatoms. The predicted octanol–water partition coefficient (Wildman–Crippen LogP) is 3.43. The summed E-state index contributed by atoms with van der Waals surface area (Å²) in [4.78, 5) is 32.8. The molecule has 0 saturated carbocycles. The van der Waals surface area contributed by atoms with Crippen LogP contribution in [0.3, 0.4) is 0 Å². The van der Waals surface area contributed by atoms with Crippen LogP contribution in [0.15, 0.2) is 73.2 Å². The Balaban J connectivity index is 1.71. The summed E-state index contributed by atoms with van der Waals surface area (Å²) in [5.74, 6) is -0.844. The quantitative estimate of drug-likeness (QED) is 0.559. The number of amides is 1. The van der Waals surface area contributed by atoms with Crippen molar-refractivity contribution < 1.29 is 14.7 Å². The third kappa shape index (κ3) is 3.33. The first kappa shape index (κ1) is 17.4. The second-order valence-corrected chi connectivity index (χ2v) is 6.16. The lowest BCUT2D eigenvalue weighted by Crippen LogP contribution is -2.14. The average molecular weight is 372 g/mol. The molecular formula is C21H16N4O3. The monoisotopic (exact) mass is 372 g/mol. The molecule has 2 aromatic carbocycles. The molecule has 1 amide bonds. The Hall–Kier alpha value is -4.00. The molecule has 0 saturated heterocycles. The average Bonchev–Trinajstić information content (AvgIpc) is 3.08. The first-order valence-corrected chi connectivity index (χ1v) is 8.61. The number of aromatic nitrogens is 3. The number of carboxylic acids is 1. The van der Waals surface area contributed by atoms with Gasteiger partial charge in [-0.15, -0.1) is 0 Å². The third-order valence-corrected chi connectivity index (χ3v) is 4.37. The van der Waals surface area contributed by atoms with Gasteiger partial charge in [0.05, 0.1) is 23.4 Å². The van der Waals surface area contributed by atoms with Crippen molar-refractivity contribution in [2.24, 2.45) is 0 Å². The minimum Gasteiger partial charge on any atom is -0.478 e. The van der Waals surface area contributed by atoms with Crippen LogP contribution in [0.25, 0.3) is 10.9 Å². The third-order valence-electron chi connectivity index (χ3n) is 4.37. The van der Waals surface area contributed by atoms with Gasteiger partial charge < -0.3 is 15.0 Å². The standard InChI is InChI=1S/C21H16N4O3/c26-20(24-17-8-3-1-7-15(17)21(27)28)16-12-25(13-19-22-10-5-11-23-19)18-9-4-2-6-14(16)18/h1-12H,13H2,(H,24,26)(H,27,28). The minimum atomic E-state index is -1.10. The zero-order valence-corrected chi connectivity index (χ0v) is 14.7. The van der Waals surface area contributed by atoms with Crippen LogP contribution < -0.4 is 5.32 Å². The Morgan fingerprint density at radius 3 is 2.43 bits per heavy atom. The molecule has 0 aliphatic carbocycles. The normalized spacial score (nSPS) is 10.7. The second kappa shape index (κ2) is 7.32. The Kier molecular flexibility index (Phi) is 4.55. The van der Waals surface area contributed by atoms with Gasteiger partial charge in [0.25, 0.3) is 5.91 Å². The van der Waals surface area contributed by atoms with Gasteiger partial charge >= 0.3 is 5.97 Å². The van der Waals surface area contributed by atoms with Gasteiger partial charge in [0.2, 0.25) is 0 Å². The van der Waals surface area contributed by atoms with Gasteiger partial charge in [-0.1, -0.05) is 30.3 Å². The molecule has 0 fully saturated rings. The van der Waals surface area contributed by atoms with Crippen molar-refractivity contribution in [1.29, 1.82) is 0 Å². The molecule has 4 aromatic rings. The van der Waals surface area contributed by atoms with E-state index in [4.69, 9.17) is 0 Å². The van der Waals surface area contributed by atoms with Gasteiger partial charge in [-0.25, -0.2) is 14.8 Å². The van der Waals surface area contributed by atoms with E-state index in [1.54, 1.807) is 42.9 Å². The van der Waals surface area contributed by atoms with Gasteiger partial charge in [-0.2, -0.15) is 0 Å². The molecule has 0 radical (unpaired) electrons. The number of carbonyl (C=O) groups is 2. The van der Waals surface area contributed by atoms with Crippen LogP contribution in [0.2, 0.25) is 0 Å². The molecule has 2 aromatic heterocycles. The number of nitrogens with one attached hydrogen (secondary N) is 1. The van der Waals surface area contributed by atoms with Crippen molar-refractivity contribution in [1.82, 2.24) is 14.5 Å². The van der Waals surface area contributed by atoms with Crippen molar-refractivity contribution in [2.45, 2.75) is 6.54 Å². The van der Waals surface area contributed by atoms with Crippen LogP contribution in [0.5, 0.6) is 0 Å². The zero-order valence-electron chi connectivity index (χ0n) is 14.7. The van der Waals surface area contributed by atoms with Crippen LogP contribution in [-0.2, 0) is 6.54 Å². The van der Waals surface area contributed by atoms with Crippen LogP contribution in [0.1, 0.15) is 26.5 Å². The number of carboxylic acid groups (broad SMARTS) is 1. The van der Waals surface area contributed by atoms with Crippen molar-refractivity contribution in [2.75, 3.05) is 5.32 Å². The lowest BCUT2D eigenvalue weighted by Gasteiger charge is -2.07. The number of rotatable bonds is 5. The van der Waals surface area contributed by atoms with E-state index < -0.39 is 5.97 Å². The molecule has 0 spiro atoms. The topological polar surface area (TPSA) is 97.1 Å². The number of nitrogens with zero attached hydrogens (tertiary/aromatic N) is 3. The Morgan fingerprint density at radius 1 is 0.929 bits per heavy atom. The molecule has 0 aliphatic rings. The highest BCUT2D eigenvalue weighted by atomic mass is 16.4. The second-order valence-electron chi connectivity index (χ2n) is 6.16. The maximum Gasteiger partial charge on any atom is 0.337 e. The number of hydrogen-bond acceptors (Lipinski definition) is 4. The minimum absolute atomic E-state index is 0.0391. The van der Waals surface area contributed by atoms with Crippen LogP contribution >= 0.6 is 0 Å². The fourth-order valence-electron chi connectivity index (χ4n) is 3.09. The highest BCUT2D eigenvalue weighted by molar-refractivity contribution is 6.14. The van der Waals surface area contributed by atoms with Crippen LogP contribution in [-0.4, -0.2) is 31.5 Å². The van der Waals surface area contributed by atoms with E-state index in [1.807, 2.05) is 28.8 Å². The molecule has 0 aliphatic heterocycles. The van der Waals surface area contributed by atoms with Crippen LogP contribution in [0, 0.1) is 0 Å². The van der Waals surface area contributed by atoms with E-state index in [9.17, 15) is 14.7 Å². The number of hydrogen-bond donors (Lipinski definition) is 2. The first-order chi connectivity index (χ1) is 13.6. The molecular weight excluding hydrogens is 356 g/mol. The summed E-state index contributed by atoms with van der Waals surface area (Å²) in [6.45, 7) is 0.417. The van der Waals surface area contributed by atoms with Crippen molar-refractivity contribution in [3.63, 3.8) is 0 Å². The smallest absolute Gasteiger partial charge is 0.337 e. The summed E-state index contributed by atoms with van der Waals surface area (Å²) in [6, 6.07) is 15.6. The van der Waals surface area contributed by atoms with Crippen molar-refractivity contribution >= 4 is 28.5 Å². The van der Waals surface area contributed by atoms with E-state index in [-0.39, 0.29) is 17.2 Å². The summed E-state index contributed by atoms with van der Waals surface area (Å²) in [7, 11) is 0. The number of fused-ring (bicyclic) bond motifs is 1. The molecule has 0 unspecified atom stereocenters. The number of benzene rings is 2. The Bertz CT molecular complexity index is 1170. The lowest BCUT2D eigenvalue weighted by molar-refractivity contribution is 0.0698. The fraction of sp³-hybridized carbons (Fsp3) is 0.0476. The number of aromatic carboxylic acids is 1. The lowest BCUT2D eigenvalue weighted by atomic mass is 10.1. The molecule has 7 nitrogen and oxygen atoms in total. The summed E-state index contributed by atoms with van der Waals surface area (Å²) < 4.78 is 1.91. The summed E-state index contributed by atoms with van der Waals surface area (Å²) >= 11 is 0. The molecule has 138 valence electrons. The molecule has 2 heterocycles. The molecule has 0 atom stereocenters. The maximum absolute atomic E-state index is 12.9. The van der Waals surface area contributed by atoms with E-state index >= 15 is 0 Å². The zero-order chi connectivity index (χ0) is 19.5. The van der Waals surface area contributed by atoms with Crippen molar-refractivity contribution in [3.8, 4) is 0 Å². The van der Waals surface area contributed by atoms with Crippen LogP contribution in [0.4, 0.5) is 5.69 Å². The van der Waals surface area contributed by atoms with E-state index in [1.165, 1.54) is 6.07 Å². The number of para-hydroxylation sites is 2. The van der Waals surface area contributed by atoms with Gasteiger partial charge in [0, 0.05) is 29.5 Å². The van der Waals surface area contributed by atoms with E-state index in [2.05, 4.69) is 15.3 Å². The number of carbonyl (C=O) groups excluding carboxylic acids is 1. The van der Waals surface area contributed by atoms with Gasteiger partial charge in [0.1, 0.15) is 5.82 Å². The summed E-state index contributed by atoms with van der Waals surface area (Å²) in [5.41, 5.74) is 1.61. The van der Waals surface area contributed by atoms with Gasteiger partial charge in [0.15, 0.2) is 0 Å². The Labute approximate surface area is 160 Å². The SMILES string of the molecule is O=C(O)c1ccccc1NC(=O)c1cn(Cc2ncccn2)c2ccccc12. The summed E-state index contributed by atoms with van der Waals surface area (Å²) in [6.07, 6.45) is 5.08. The molecule has 4 rings (SSSR count).